The van der Waals surface area contributed by atoms with Gasteiger partial charge in [-0.2, -0.15) is 0 Å². The first-order chi connectivity index (χ1) is 17.0. The van der Waals surface area contributed by atoms with Gasteiger partial charge in [-0.05, 0) is 65.6 Å². The summed E-state index contributed by atoms with van der Waals surface area (Å²) >= 11 is 0. The molecule has 1 fully saturated rings. The molecule has 5 heteroatoms. The predicted molar refractivity (Wildman–Crippen MR) is 137 cm³/mol. The number of anilines is 1. The molecule has 1 heterocycles. The molecule has 1 amide bonds. The fourth-order valence-electron chi connectivity index (χ4n) is 4.89. The normalized spacial score (nSPS) is 20.0. The highest BCUT2D eigenvalue weighted by atomic mass is 19.1. The minimum absolute atomic E-state index is 0.0545. The van der Waals surface area contributed by atoms with Crippen molar-refractivity contribution in [1.29, 1.82) is 0 Å². The number of carbonyl (C=O) groups excluding carboxylic acids is 1. The Bertz CT molecular complexity index is 1130. The molecule has 3 aromatic carbocycles. The van der Waals surface area contributed by atoms with Gasteiger partial charge in [0.2, 0.25) is 0 Å². The third-order valence-corrected chi connectivity index (χ3v) is 6.87. The van der Waals surface area contributed by atoms with Gasteiger partial charge >= 0.3 is 0 Å². The molecule has 0 saturated carbocycles. The van der Waals surface area contributed by atoms with Crippen LogP contribution < -0.4 is 10.1 Å². The van der Waals surface area contributed by atoms with Crippen LogP contribution in [-0.2, 0) is 16.0 Å². The Kier molecular flexibility index (Phi) is 8.19. The summed E-state index contributed by atoms with van der Waals surface area (Å²) in [6, 6.07) is 22.5. The Balaban J connectivity index is 1.37. The van der Waals surface area contributed by atoms with Crippen LogP contribution >= 0.6 is 0 Å². The maximum atomic E-state index is 14.4. The first kappa shape index (κ1) is 24.9. The Morgan fingerprint density at radius 2 is 1.77 bits per heavy atom. The molecule has 0 unspecified atom stereocenters. The maximum absolute atomic E-state index is 14.4. The number of benzene rings is 3. The number of amides is 1. The maximum Gasteiger partial charge on any atom is 0.262 e. The van der Waals surface area contributed by atoms with E-state index in [2.05, 4.69) is 26.1 Å². The van der Waals surface area contributed by atoms with Crippen LogP contribution in [-0.4, -0.2) is 19.1 Å². The van der Waals surface area contributed by atoms with Crippen molar-refractivity contribution in [3.05, 3.63) is 95.3 Å². The van der Waals surface area contributed by atoms with E-state index in [0.717, 1.165) is 35.2 Å². The SMILES string of the molecule is CCc1ccccc1NC(=O)COc1ccc([C@@H]2OC[C@@H](c3ccccc3F)C[C@H]2C(C)C)cc1. The van der Waals surface area contributed by atoms with Crippen molar-refractivity contribution in [2.75, 3.05) is 18.5 Å². The number of nitrogens with one attached hydrogen (secondary N) is 1. The second kappa shape index (κ2) is 11.5. The lowest BCUT2D eigenvalue weighted by Crippen LogP contribution is -2.31. The first-order valence-electron chi connectivity index (χ1n) is 12.4. The van der Waals surface area contributed by atoms with Gasteiger partial charge in [-0.1, -0.05) is 69.3 Å². The van der Waals surface area contributed by atoms with Crippen LogP contribution in [0.15, 0.2) is 72.8 Å². The molecule has 35 heavy (non-hydrogen) atoms. The van der Waals surface area contributed by atoms with E-state index < -0.39 is 0 Å². The lowest BCUT2D eigenvalue weighted by molar-refractivity contribution is -0.118. The Hall–Kier alpha value is -3.18. The molecule has 1 aliphatic heterocycles. The number of ether oxygens (including phenoxy) is 2. The number of rotatable bonds is 8. The average molecular weight is 476 g/mol. The van der Waals surface area contributed by atoms with E-state index in [4.69, 9.17) is 9.47 Å². The zero-order chi connectivity index (χ0) is 24.8. The second-order valence-electron chi connectivity index (χ2n) is 9.53. The van der Waals surface area contributed by atoms with E-state index in [-0.39, 0.29) is 36.3 Å². The summed E-state index contributed by atoms with van der Waals surface area (Å²) in [6.45, 7) is 6.88. The molecule has 3 atom stereocenters. The van der Waals surface area contributed by atoms with E-state index in [0.29, 0.717) is 18.3 Å². The third-order valence-electron chi connectivity index (χ3n) is 6.87. The van der Waals surface area contributed by atoms with Crippen LogP contribution in [0.1, 0.15) is 55.9 Å². The number of carbonyl (C=O) groups is 1. The molecular weight excluding hydrogens is 441 g/mol. The molecule has 4 rings (SSSR count). The Morgan fingerprint density at radius 1 is 1.06 bits per heavy atom. The van der Waals surface area contributed by atoms with Gasteiger partial charge in [-0.3, -0.25) is 4.79 Å². The minimum atomic E-state index is -0.190. The van der Waals surface area contributed by atoms with Crippen molar-refractivity contribution >= 4 is 11.6 Å². The van der Waals surface area contributed by atoms with Crippen molar-refractivity contribution in [2.45, 2.75) is 45.6 Å². The van der Waals surface area contributed by atoms with Gasteiger partial charge in [0.25, 0.3) is 5.91 Å². The van der Waals surface area contributed by atoms with E-state index in [9.17, 15) is 9.18 Å². The molecule has 0 aromatic heterocycles. The standard InChI is InChI=1S/C30H34FNO3/c1-4-21-9-5-8-12-28(21)32-29(33)19-34-24-15-13-22(14-16-24)30-26(20(2)3)17-23(18-35-30)25-10-6-7-11-27(25)31/h5-16,20,23,26,30H,4,17-19H2,1-3H3,(H,32,33)/t23-,26-,30-/m0/s1. The zero-order valence-corrected chi connectivity index (χ0v) is 20.7. The summed E-state index contributed by atoms with van der Waals surface area (Å²) in [5, 5.41) is 2.92. The van der Waals surface area contributed by atoms with Gasteiger partial charge in [0.15, 0.2) is 6.61 Å². The molecule has 0 aliphatic carbocycles. The van der Waals surface area contributed by atoms with Crippen molar-refractivity contribution in [3.8, 4) is 5.75 Å². The van der Waals surface area contributed by atoms with E-state index in [1.165, 1.54) is 6.07 Å². The average Bonchev–Trinajstić information content (AvgIpc) is 2.88. The van der Waals surface area contributed by atoms with Gasteiger partial charge in [0.05, 0.1) is 12.7 Å². The number of para-hydroxylation sites is 1. The van der Waals surface area contributed by atoms with Crippen molar-refractivity contribution in [3.63, 3.8) is 0 Å². The summed E-state index contributed by atoms with van der Waals surface area (Å²) in [5.41, 5.74) is 3.72. The first-order valence-corrected chi connectivity index (χ1v) is 12.4. The largest absolute Gasteiger partial charge is 0.484 e. The van der Waals surface area contributed by atoms with Crippen LogP contribution in [0, 0.1) is 17.7 Å². The highest BCUT2D eigenvalue weighted by molar-refractivity contribution is 5.92. The highest BCUT2D eigenvalue weighted by Gasteiger charge is 2.35. The van der Waals surface area contributed by atoms with Gasteiger partial charge < -0.3 is 14.8 Å². The summed E-state index contributed by atoms with van der Waals surface area (Å²) < 4.78 is 26.4. The van der Waals surface area contributed by atoms with Crippen LogP contribution in [0.5, 0.6) is 5.75 Å². The molecule has 1 aliphatic rings. The second-order valence-corrected chi connectivity index (χ2v) is 9.53. The summed E-state index contributed by atoms with van der Waals surface area (Å²) in [6.07, 6.45) is 1.67. The fraction of sp³-hybridized carbons (Fsp3) is 0.367. The lowest BCUT2D eigenvalue weighted by atomic mass is 9.76. The molecule has 1 N–H and O–H groups in total. The third kappa shape index (κ3) is 6.09. The molecule has 3 aromatic rings. The monoisotopic (exact) mass is 475 g/mol. The molecule has 184 valence electrons. The molecule has 0 radical (unpaired) electrons. The van der Waals surface area contributed by atoms with E-state index in [1.54, 1.807) is 6.07 Å². The fourth-order valence-corrected chi connectivity index (χ4v) is 4.89. The summed E-state index contributed by atoms with van der Waals surface area (Å²) in [5.74, 6) is 0.993. The Morgan fingerprint density at radius 3 is 2.49 bits per heavy atom. The van der Waals surface area contributed by atoms with Gasteiger partial charge in [0.1, 0.15) is 11.6 Å². The topological polar surface area (TPSA) is 47.6 Å². The lowest BCUT2D eigenvalue weighted by Gasteiger charge is -2.39. The quantitative estimate of drug-likeness (QED) is 0.385. The zero-order valence-electron chi connectivity index (χ0n) is 20.7. The summed E-state index contributed by atoms with van der Waals surface area (Å²) in [7, 11) is 0. The van der Waals surface area contributed by atoms with Crippen LogP contribution in [0.2, 0.25) is 0 Å². The number of aryl methyl sites for hydroxylation is 1. The molecule has 4 nitrogen and oxygen atoms in total. The van der Waals surface area contributed by atoms with Gasteiger partial charge in [0, 0.05) is 11.6 Å². The smallest absolute Gasteiger partial charge is 0.262 e. The van der Waals surface area contributed by atoms with E-state index in [1.807, 2.05) is 60.7 Å². The van der Waals surface area contributed by atoms with Crippen LogP contribution in [0.25, 0.3) is 0 Å². The number of hydrogen-bond donors (Lipinski definition) is 1. The number of halogens is 1. The van der Waals surface area contributed by atoms with Crippen LogP contribution in [0.4, 0.5) is 10.1 Å². The molecular formula is C30H34FNO3. The minimum Gasteiger partial charge on any atom is -0.484 e. The van der Waals surface area contributed by atoms with Crippen molar-refractivity contribution in [1.82, 2.24) is 0 Å². The van der Waals surface area contributed by atoms with Gasteiger partial charge in [-0.15, -0.1) is 0 Å². The highest BCUT2D eigenvalue weighted by Crippen LogP contribution is 2.44. The molecule has 0 bridgehead atoms. The van der Waals surface area contributed by atoms with Crippen molar-refractivity contribution < 1.29 is 18.7 Å². The van der Waals surface area contributed by atoms with Gasteiger partial charge in [-0.25, -0.2) is 4.39 Å². The molecule has 0 spiro atoms. The Labute approximate surface area is 207 Å². The molecule has 1 saturated heterocycles. The number of hydrogen-bond acceptors (Lipinski definition) is 3. The van der Waals surface area contributed by atoms with Crippen molar-refractivity contribution in [2.24, 2.45) is 11.8 Å². The van der Waals surface area contributed by atoms with Crippen LogP contribution in [0.3, 0.4) is 0 Å². The summed E-state index contributed by atoms with van der Waals surface area (Å²) in [4.78, 5) is 12.4. The van der Waals surface area contributed by atoms with E-state index >= 15 is 0 Å². The predicted octanol–water partition coefficient (Wildman–Crippen LogP) is 6.92.